The number of fused-ring (bicyclic) bond motifs is 1. The van der Waals surface area contributed by atoms with Crippen LogP contribution in [0.25, 0.3) is 21.3 Å². The first-order valence-electron chi connectivity index (χ1n) is 8.37. The van der Waals surface area contributed by atoms with Crippen molar-refractivity contribution in [1.29, 1.82) is 0 Å². The van der Waals surface area contributed by atoms with Crippen LogP contribution in [0.1, 0.15) is 9.67 Å². The normalized spacial score (nSPS) is 10.8. The van der Waals surface area contributed by atoms with Crippen LogP contribution in [0.5, 0.6) is 0 Å². The number of carbonyl (C=O) groups is 2. The molecule has 2 aromatic carbocycles. The average molecular weight is 447 g/mol. The van der Waals surface area contributed by atoms with Crippen molar-refractivity contribution in [3.63, 3.8) is 0 Å². The van der Waals surface area contributed by atoms with Gasteiger partial charge in [0.1, 0.15) is 10.7 Å². The van der Waals surface area contributed by atoms with E-state index in [1.165, 1.54) is 34.8 Å². The van der Waals surface area contributed by atoms with E-state index >= 15 is 0 Å². The maximum absolute atomic E-state index is 13.0. The molecule has 0 radical (unpaired) electrons. The number of carbonyl (C=O) groups excluding carboxylic acids is 2. The third-order valence-electron chi connectivity index (χ3n) is 3.95. The predicted molar refractivity (Wildman–Crippen MR) is 113 cm³/mol. The van der Waals surface area contributed by atoms with Crippen molar-refractivity contribution >= 4 is 61.4 Å². The zero-order chi connectivity index (χ0) is 20.4. The Labute approximate surface area is 177 Å². The van der Waals surface area contributed by atoms with Gasteiger partial charge < -0.3 is 4.74 Å². The molecule has 1 amide bonds. The Balaban J connectivity index is 1.37. The molecule has 0 aliphatic heterocycles. The number of thiophene rings is 1. The summed E-state index contributed by atoms with van der Waals surface area (Å²) in [5.74, 6) is -1.51. The quantitative estimate of drug-likeness (QED) is 0.404. The second kappa shape index (κ2) is 8.28. The number of thiazole rings is 1. The average Bonchev–Trinajstić information content (AvgIpc) is 3.32. The highest BCUT2D eigenvalue weighted by Gasteiger charge is 2.19. The fraction of sp³-hybridized carbons (Fsp3) is 0.0500. The molecule has 146 valence electrons. The summed E-state index contributed by atoms with van der Waals surface area (Å²) >= 11 is 8.68. The van der Waals surface area contributed by atoms with Crippen LogP contribution in [-0.4, -0.2) is 23.5 Å². The zero-order valence-electron chi connectivity index (χ0n) is 14.6. The summed E-state index contributed by atoms with van der Waals surface area (Å²) in [7, 11) is 0. The van der Waals surface area contributed by atoms with E-state index in [2.05, 4.69) is 10.3 Å². The van der Waals surface area contributed by atoms with Gasteiger partial charge in [-0.15, -0.1) is 22.7 Å². The van der Waals surface area contributed by atoms with Gasteiger partial charge in [-0.25, -0.2) is 14.2 Å². The van der Waals surface area contributed by atoms with Gasteiger partial charge in [-0.2, -0.15) is 0 Å². The number of amides is 1. The van der Waals surface area contributed by atoms with Gasteiger partial charge in [-0.3, -0.25) is 10.1 Å². The molecule has 29 heavy (non-hydrogen) atoms. The van der Waals surface area contributed by atoms with Gasteiger partial charge >= 0.3 is 5.97 Å². The molecular weight excluding hydrogens is 435 g/mol. The van der Waals surface area contributed by atoms with Crippen LogP contribution >= 0.6 is 34.3 Å². The third-order valence-corrected chi connectivity index (χ3v) is 6.36. The predicted octanol–water partition coefficient (Wildman–Crippen LogP) is 5.61. The molecule has 9 heteroatoms. The summed E-state index contributed by atoms with van der Waals surface area (Å²) in [6.07, 6.45) is 0. The lowest BCUT2D eigenvalue weighted by Crippen LogP contribution is -2.20. The maximum Gasteiger partial charge on any atom is 0.350 e. The zero-order valence-corrected chi connectivity index (χ0v) is 17.0. The van der Waals surface area contributed by atoms with Crippen LogP contribution in [-0.2, 0) is 9.53 Å². The van der Waals surface area contributed by atoms with Gasteiger partial charge in [0.2, 0.25) is 0 Å². The van der Waals surface area contributed by atoms with Crippen LogP contribution in [0.4, 0.5) is 9.52 Å². The molecular formula is C20H12ClFN2O3S2. The second-order valence-corrected chi connectivity index (χ2v) is 8.20. The van der Waals surface area contributed by atoms with E-state index in [-0.39, 0.29) is 10.7 Å². The van der Waals surface area contributed by atoms with Gasteiger partial charge in [0.15, 0.2) is 11.7 Å². The molecule has 0 aliphatic carbocycles. The molecule has 0 saturated carbocycles. The fourth-order valence-electron chi connectivity index (χ4n) is 2.58. The number of anilines is 1. The number of hydrogen-bond acceptors (Lipinski definition) is 6. The highest BCUT2D eigenvalue weighted by atomic mass is 35.5. The summed E-state index contributed by atoms with van der Waals surface area (Å²) < 4.78 is 19.0. The smallest absolute Gasteiger partial charge is 0.350 e. The monoisotopic (exact) mass is 446 g/mol. The maximum atomic E-state index is 13.0. The summed E-state index contributed by atoms with van der Waals surface area (Å²) in [6, 6.07) is 13.2. The van der Waals surface area contributed by atoms with E-state index in [0.29, 0.717) is 15.8 Å². The first-order valence-corrected chi connectivity index (χ1v) is 10.4. The Morgan fingerprint density at radius 1 is 1.14 bits per heavy atom. The fourth-order valence-corrected chi connectivity index (χ4v) is 4.72. The third kappa shape index (κ3) is 4.29. The summed E-state index contributed by atoms with van der Waals surface area (Å²) in [4.78, 5) is 28.9. The Morgan fingerprint density at radius 2 is 1.90 bits per heavy atom. The van der Waals surface area contributed by atoms with Crippen LogP contribution in [0.3, 0.4) is 0 Å². The number of nitrogens with one attached hydrogen (secondary N) is 1. The number of hydrogen-bond donors (Lipinski definition) is 1. The largest absolute Gasteiger partial charge is 0.451 e. The lowest BCUT2D eigenvalue weighted by atomic mass is 10.2. The molecule has 4 aromatic rings. The van der Waals surface area contributed by atoms with Crippen molar-refractivity contribution in [2.75, 3.05) is 11.9 Å². The number of aromatic nitrogens is 1. The van der Waals surface area contributed by atoms with Crippen molar-refractivity contribution in [1.82, 2.24) is 4.98 Å². The molecule has 5 nitrogen and oxygen atoms in total. The SMILES string of the molecule is O=C(COC(=O)c1sc2ccccc2c1Cl)Nc1nc(-c2ccc(F)cc2)cs1. The van der Waals surface area contributed by atoms with Crippen molar-refractivity contribution in [3.05, 3.63) is 69.6 Å². The Bertz CT molecular complexity index is 1200. The van der Waals surface area contributed by atoms with Crippen LogP contribution in [0.15, 0.2) is 53.9 Å². The van der Waals surface area contributed by atoms with Gasteiger partial charge in [0, 0.05) is 21.0 Å². The first kappa shape index (κ1) is 19.5. The van der Waals surface area contributed by atoms with E-state index in [4.69, 9.17) is 16.3 Å². The topological polar surface area (TPSA) is 68.3 Å². The molecule has 0 fully saturated rings. The number of nitrogens with zero attached hydrogens (tertiary/aromatic N) is 1. The molecule has 2 aromatic heterocycles. The van der Waals surface area contributed by atoms with Gasteiger partial charge in [0.25, 0.3) is 5.91 Å². The standard InChI is InChI=1S/C20H12ClFN2O3S2/c21-17-13-3-1-2-4-15(13)29-18(17)19(26)27-9-16(25)24-20-23-14(10-28-20)11-5-7-12(22)8-6-11/h1-8,10H,9H2,(H,23,24,25). The van der Waals surface area contributed by atoms with Crippen molar-refractivity contribution in [3.8, 4) is 11.3 Å². The summed E-state index contributed by atoms with van der Waals surface area (Å²) in [5.41, 5.74) is 1.34. The molecule has 0 saturated heterocycles. The first-order chi connectivity index (χ1) is 14.0. The van der Waals surface area contributed by atoms with Gasteiger partial charge in [-0.1, -0.05) is 29.8 Å². The van der Waals surface area contributed by atoms with E-state index in [9.17, 15) is 14.0 Å². The number of esters is 1. The minimum atomic E-state index is -0.655. The Hall–Kier alpha value is -2.81. The lowest BCUT2D eigenvalue weighted by molar-refractivity contribution is -0.119. The Morgan fingerprint density at radius 3 is 2.66 bits per heavy atom. The van der Waals surface area contributed by atoms with Crippen molar-refractivity contribution in [2.45, 2.75) is 0 Å². The molecule has 4 rings (SSSR count). The van der Waals surface area contributed by atoms with E-state index in [0.717, 1.165) is 15.6 Å². The highest BCUT2D eigenvalue weighted by molar-refractivity contribution is 7.21. The lowest BCUT2D eigenvalue weighted by Gasteiger charge is -2.03. The molecule has 0 aliphatic rings. The number of halogens is 2. The molecule has 2 heterocycles. The number of ether oxygens (including phenoxy) is 1. The van der Waals surface area contributed by atoms with Crippen LogP contribution in [0.2, 0.25) is 5.02 Å². The second-order valence-electron chi connectivity index (χ2n) is 5.91. The molecule has 0 spiro atoms. The highest BCUT2D eigenvalue weighted by Crippen LogP contribution is 2.35. The Kier molecular flexibility index (Phi) is 5.57. The van der Waals surface area contributed by atoms with Gasteiger partial charge in [0.05, 0.1) is 10.7 Å². The number of benzene rings is 2. The summed E-state index contributed by atoms with van der Waals surface area (Å²) in [5, 5.41) is 5.76. The molecule has 1 N–H and O–H groups in total. The van der Waals surface area contributed by atoms with Crippen molar-refractivity contribution < 1.29 is 18.7 Å². The molecule has 0 unspecified atom stereocenters. The minimum absolute atomic E-state index is 0.258. The van der Waals surface area contributed by atoms with E-state index in [1.807, 2.05) is 24.3 Å². The summed E-state index contributed by atoms with van der Waals surface area (Å²) in [6.45, 7) is -0.463. The number of rotatable bonds is 5. The van der Waals surface area contributed by atoms with E-state index in [1.54, 1.807) is 17.5 Å². The van der Waals surface area contributed by atoms with Crippen LogP contribution in [0, 0.1) is 5.82 Å². The molecule has 0 bridgehead atoms. The van der Waals surface area contributed by atoms with E-state index < -0.39 is 18.5 Å². The van der Waals surface area contributed by atoms with Crippen LogP contribution < -0.4 is 5.32 Å². The van der Waals surface area contributed by atoms with Gasteiger partial charge in [-0.05, 0) is 30.3 Å². The van der Waals surface area contributed by atoms with Crippen molar-refractivity contribution in [2.24, 2.45) is 0 Å². The molecule has 0 atom stereocenters. The minimum Gasteiger partial charge on any atom is -0.451 e.